The van der Waals surface area contributed by atoms with Gasteiger partial charge in [-0.05, 0) is 48.9 Å². The Morgan fingerprint density at radius 3 is 2.74 bits per heavy atom. The SMILES string of the molecule is CCS(=O)(=O)c1cccc(C(=O)Nc2sc3c(c2C(N)=O)CC[C@H](C)C3)c1. The number of carbonyl (C=O) groups is 2. The number of carbonyl (C=O) groups excluding carboxylic acids is 2. The zero-order chi connectivity index (χ0) is 19.8. The summed E-state index contributed by atoms with van der Waals surface area (Å²) in [7, 11) is -3.41. The molecule has 2 aromatic rings. The van der Waals surface area contributed by atoms with Crippen LogP contribution >= 0.6 is 11.3 Å². The van der Waals surface area contributed by atoms with Gasteiger partial charge in [0, 0.05) is 10.4 Å². The van der Waals surface area contributed by atoms with Crippen LogP contribution in [0.15, 0.2) is 29.2 Å². The van der Waals surface area contributed by atoms with Gasteiger partial charge in [-0.1, -0.05) is 19.9 Å². The van der Waals surface area contributed by atoms with E-state index in [1.165, 1.54) is 29.5 Å². The van der Waals surface area contributed by atoms with Gasteiger partial charge in [-0.25, -0.2) is 8.42 Å². The lowest BCUT2D eigenvalue weighted by Gasteiger charge is -2.18. The Kier molecular flexibility index (Phi) is 5.39. The highest BCUT2D eigenvalue weighted by molar-refractivity contribution is 7.91. The number of rotatable bonds is 5. The zero-order valence-electron chi connectivity index (χ0n) is 15.2. The summed E-state index contributed by atoms with van der Waals surface area (Å²) in [6, 6.07) is 5.90. The molecule has 6 nitrogen and oxygen atoms in total. The Morgan fingerprint density at radius 1 is 1.33 bits per heavy atom. The highest BCUT2D eigenvalue weighted by Gasteiger charge is 2.27. The molecule has 3 rings (SSSR count). The van der Waals surface area contributed by atoms with E-state index >= 15 is 0 Å². The van der Waals surface area contributed by atoms with Crippen molar-refractivity contribution >= 4 is 38.0 Å². The molecule has 27 heavy (non-hydrogen) atoms. The van der Waals surface area contributed by atoms with Gasteiger partial charge in [-0.15, -0.1) is 11.3 Å². The Hall–Kier alpha value is -2.19. The fourth-order valence-electron chi connectivity index (χ4n) is 3.27. The fraction of sp³-hybridized carbons (Fsp3) is 0.368. The molecular weight excluding hydrogens is 384 g/mol. The first-order chi connectivity index (χ1) is 12.7. The number of nitrogens with one attached hydrogen (secondary N) is 1. The molecule has 0 unspecified atom stereocenters. The largest absolute Gasteiger partial charge is 0.365 e. The van der Waals surface area contributed by atoms with Crippen LogP contribution in [0.2, 0.25) is 0 Å². The Labute approximate surface area is 162 Å². The van der Waals surface area contributed by atoms with Crippen LogP contribution < -0.4 is 11.1 Å². The number of hydrogen-bond acceptors (Lipinski definition) is 5. The van der Waals surface area contributed by atoms with E-state index < -0.39 is 21.7 Å². The van der Waals surface area contributed by atoms with Crippen LogP contribution in [0, 0.1) is 5.92 Å². The van der Waals surface area contributed by atoms with Gasteiger partial charge < -0.3 is 11.1 Å². The predicted molar refractivity (Wildman–Crippen MR) is 106 cm³/mol. The molecule has 0 saturated heterocycles. The van der Waals surface area contributed by atoms with Crippen molar-refractivity contribution in [3.8, 4) is 0 Å². The Bertz CT molecular complexity index is 1010. The molecule has 0 fully saturated rings. The number of sulfone groups is 1. The number of primary amides is 1. The monoisotopic (exact) mass is 406 g/mol. The van der Waals surface area contributed by atoms with Crippen LogP contribution in [0.3, 0.4) is 0 Å². The van der Waals surface area contributed by atoms with Crippen LogP contribution in [0.4, 0.5) is 5.00 Å². The molecular formula is C19H22N2O4S2. The average molecular weight is 407 g/mol. The van der Waals surface area contributed by atoms with Crippen molar-refractivity contribution in [2.45, 2.75) is 38.0 Å². The summed E-state index contributed by atoms with van der Waals surface area (Å²) in [4.78, 5) is 25.8. The lowest BCUT2D eigenvalue weighted by atomic mass is 9.88. The van der Waals surface area contributed by atoms with Crippen LogP contribution in [0.5, 0.6) is 0 Å². The number of nitrogens with two attached hydrogens (primary N) is 1. The topological polar surface area (TPSA) is 106 Å². The van der Waals surface area contributed by atoms with Crippen molar-refractivity contribution in [3.63, 3.8) is 0 Å². The second kappa shape index (κ2) is 7.44. The number of anilines is 1. The first kappa shape index (κ1) is 19.6. The van der Waals surface area contributed by atoms with Crippen LogP contribution in [-0.4, -0.2) is 26.0 Å². The van der Waals surface area contributed by atoms with E-state index in [2.05, 4.69) is 12.2 Å². The van der Waals surface area contributed by atoms with Gasteiger partial charge in [0.05, 0.1) is 16.2 Å². The zero-order valence-corrected chi connectivity index (χ0v) is 16.9. The summed E-state index contributed by atoms with van der Waals surface area (Å²) in [5.74, 6) is -0.534. The van der Waals surface area contributed by atoms with E-state index in [1.54, 1.807) is 13.0 Å². The first-order valence-corrected chi connectivity index (χ1v) is 11.3. The number of amides is 2. The summed E-state index contributed by atoms with van der Waals surface area (Å²) in [6.45, 7) is 3.71. The van der Waals surface area contributed by atoms with Crippen molar-refractivity contribution in [2.75, 3.05) is 11.1 Å². The lowest BCUT2D eigenvalue weighted by molar-refractivity contribution is 0.1000. The van der Waals surface area contributed by atoms with E-state index in [4.69, 9.17) is 5.73 Å². The molecule has 0 aliphatic heterocycles. The van der Waals surface area contributed by atoms with E-state index in [1.807, 2.05) is 0 Å². The number of benzene rings is 1. The highest BCUT2D eigenvalue weighted by Crippen LogP contribution is 2.39. The van der Waals surface area contributed by atoms with Gasteiger partial charge in [-0.3, -0.25) is 9.59 Å². The molecule has 1 aromatic carbocycles. The van der Waals surface area contributed by atoms with E-state index in [-0.39, 0.29) is 16.2 Å². The molecule has 0 bridgehead atoms. The van der Waals surface area contributed by atoms with Crippen molar-refractivity contribution in [3.05, 3.63) is 45.8 Å². The normalized spacial score (nSPS) is 16.6. The third-order valence-corrected chi connectivity index (χ3v) is 7.72. The molecule has 2 amide bonds. The molecule has 1 atom stereocenters. The molecule has 1 aromatic heterocycles. The molecule has 0 spiro atoms. The molecule has 3 N–H and O–H groups in total. The minimum Gasteiger partial charge on any atom is -0.365 e. The quantitative estimate of drug-likeness (QED) is 0.796. The molecule has 0 saturated carbocycles. The van der Waals surface area contributed by atoms with Crippen LogP contribution in [0.25, 0.3) is 0 Å². The number of thiophene rings is 1. The molecule has 0 radical (unpaired) electrons. The van der Waals surface area contributed by atoms with Gasteiger partial charge in [0.15, 0.2) is 9.84 Å². The summed E-state index contributed by atoms with van der Waals surface area (Å²) in [5.41, 5.74) is 7.11. The maximum atomic E-state index is 12.7. The van der Waals surface area contributed by atoms with Crippen LogP contribution in [0.1, 0.15) is 51.4 Å². The van der Waals surface area contributed by atoms with Gasteiger partial charge >= 0.3 is 0 Å². The lowest BCUT2D eigenvalue weighted by Crippen LogP contribution is -2.19. The van der Waals surface area contributed by atoms with Crippen molar-refractivity contribution in [2.24, 2.45) is 11.7 Å². The Morgan fingerprint density at radius 2 is 2.07 bits per heavy atom. The first-order valence-electron chi connectivity index (χ1n) is 8.81. The van der Waals surface area contributed by atoms with Crippen molar-refractivity contribution < 1.29 is 18.0 Å². The molecule has 8 heteroatoms. The molecule has 1 aliphatic rings. The van der Waals surface area contributed by atoms with Gasteiger partial charge in [-0.2, -0.15) is 0 Å². The summed E-state index contributed by atoms with van der Waals surface area (Å²) >= 11 is 1.38. The second-order valence-corrected chi connectivity index (χ2v) is 10.2. The highest BCUT2D eigenvalue weighted by atomic mass is 32.2. The number of fused-ring (bicyclic) bond motifs is 1. The summed E-state index contributed by atoms with van der Waals surface area (Å²) in [5, 5.41) is 3.20. The fourth-order valence-corrected chi connectivity index (χ4v) is 5.61. The average Bonchev–Trinajstić information content (AvgIpc) is 2.98. The maximum Gasteiger partial charge on any atom is 0.256 e. The van der Waals surface area contributed by atoms with Gasteiger partial charge in [0.1, 0.15) is 5.00 Å². The van der Waals surface area contributed by atoms with E-state index in [0.29, 0.717) is 16.5 Å². The minimum absolute atomic E-state index is 0.0419. The molecule has 1 heterocycles. The standard InChI is InChI=1S/C19H22N2O4S2/c1-3-27(24,25)13-6-4-5-12(10-13)18(23)21-19-16(17(20)22)14-8-7-11(2)9-15(14)26-19/h4-6,10-11H,3,7-9H2,1-2H3,(H2,20,22)(H,21,23)/t11-/m0/s1. The van der Waals surface area contributed by atoms with E-state index in [0.717, 1.165) is 29.7 Å². The Balaban J connectivity index is 1.93. The smallest absolute Gasteiger partial charge is 0.256 e. The third kappa shape index (κ3) is 3.91. The molecule has 144 valence electrons. The second-order valence-electron chi connectivity index (χ2n) is 6.81. The maximum absolute atomic E-state index is 12.7. The van der Waals surface area contributed by atoms with Crippen LogP contribution in [-0.2, 0) is 22.7 Å². The minimum atomic E-state index is -3.41. The van der Waals surface area contributed by atoms with Gasteiger partial charge in [0.25, 0.3) is 11.8 Å². The summed E-state index contributed by atoms with van der Waals surface area (Å²) < 4.78 is 24.1. The van der Waals surface area contributed by atoms with Crippen molar-refractivity contribution in [1.29, 1.82) is 0 Å². The molecule has 1 aliphatic carbocycles. The number of hydrogen-bond donors (Lipinski definition) is 2. The predicted octanol–water partition coefficient (Wildman–Crippen LogP) is 3.02. The van der Waals surface area contributed by atoms with Gasteiger partial charge in [0.2, 0.25) is 0 Å². The third-order valence-electron chi connectivity index (χ3n) is 4.82. The van der Waals surface area contributed by atoms with E-state index in [9.17, 15) is 18.0 Å². The summed E-state index contributed by atoms with van der Waals surface area (Å²) in [6.07, 6.45) is 2.61. The van der Waals surface area contributed by atoms with Crippen molar-refractivity contribution in [1.82, 2.24) is 0 Å².